The van der Waals surface area contributed by atoms with E-state index in [2.05, 4.69) is 49.1 Å². The lowest BCUT2D eigenvalue weighted by molar-refractivity contribution is -0.672. The largest absolute Gasteiger partial charge is 0.475 e. The van der Waals surface area contributed by atoms with Gasteiger partial charge in [-0.25, -0.2) is 28.0 Å². The molecule has 0 radical (unpaired) electrons. The molecule has 0 bridgehead atoms. The molecule has 0 saturated carbocycles. The summed E-state index contributed by atoms with van der Waals surface area (Å²) in [5.74, 6) is 5.85. The Morgan fingerprint density at radius 1 is 0.596 bits per heavy atom. The number of benzene rings is 4. The van der Waals surface area contributed by atoms with Gasteiger partial charge in [0.05, 0.1) is 55.5 Å². The van der Waals surface area contributed by atoms with Gasteiger partial charge in [0.2, 0.25) is 0 Å². The first-order valence-electron chi connectivity index (χ1n) is 16.9. The van der Waals surface area contributed by atoms with Gasteiger partial charge in [0.1, 0.15) is 47.8 Å². The van der Waals surface area contributed by atoms with Crippen LogP contribution in [-0.4, -0.2) is 41.6 Å². The number of methoxy groups -OCH3 is 2. The van der Waals surface area contributed by atoms with Gasteiger partial charge in [0.25, 0.3) is 0 Å². The molecule has 11 heteroatoms. The van der Waals surface area contributed by atoms with Gasteiger partial charge in [-0.15, -0.1) is 0 Å². The molecule has 2 heterocycles. The zero-order valence-electron chi connectivity index (χ0n) is 30.9. The van der Waals surface area contributed by atoms with Crippen LogP contribution in [0.1, 0.15) is 36.6 Å². The summed E-state index contributed by atoms with van der Waals surface area (Å²) in [6, 6.07) is 31.8. The van der Waals surface area contributed by atoms with Gasteiger partial charge in [-0.1, -0.05) is 38.1 Å². The number of ether oxygens (including phenoxy) is 4. The first-order chi connectivity index (χ1) is 25.1. The van der Waals surface area contributed by atoms with E-state index in [9.17, 15) is 0 Å². The molecule has 2 aromatic heterocycles. The maximum atomic E-state index is 6.18. The Morgan fingerprint density at radius 2 is 0.981 bits per heavy atom. The van der Waals surface area contributed by atoms with Crippen LogP contribution >= 0.6 is 8.73 Å². The van der Waals surface area contributed by atoms with Gasteiger partial charge in [-0.2, -0.15) is 0 Å². The first kappa shape index (κ1) is 36.1. The molecule has 0 amide bonds. The van der Waals surface area contributed by atoms with Gasteiger partial charge < -0.3 is 18.9 Å². The summed E-state index contributed by atoms with van der Waals surface area (Å²) < 4.78 is 31.6. The van der Waals surface area contributed by atoms with Crippen molar-refractivity contribution in [3.8, 4) is 23.0 Å². The van der Waals surface area contributed by atoms with Gasteiger partial charge in [-0.3, -0.25) is 0 Å². The summed E-state index contributed by atoms with van der Waals surface area (Å²) in [5, 5.41) is 0. The maximum absolute atomic E-state index is 6.18. The Balaban J connectivity index is 1.08. The smallest absolute Gasteiger partial charge is 0.347 e. The van der Waals surface area contributed by atoms with E-state index in [1.165, 1.54) is 11.1 Å². The molecular formula is C41H45N6O4P+2. The molecule has 0 aliphatic rings. The van der Waals surface area contributed by atoms with E-state index < -0.39 is 0 Å². The van der Waals surface area contributed by atoms with E-state index in [1.54, 1.807) is 14.2 Å². The number of aliphatic imine (C=N–C) groups is 2. The van der Waals surface area contributed by atoms with Crippen molar-refractivity contribution in [3.63, 3.8) is 0 Å². The lowest BCUT2D eigenvalue weighted by atomic mass is 9.78. The van der Waals surface area contributed by atoms with Crippen LogP contribution in [0, 0.1) is 0 Å². The Morgan fingerprint density at radius 3 is 1.37 bits per heavy atom. The van der Waals surface area contributed by atoms with Crippen LogP contribution in [0.15, 0.2) is 132 Å². The third kappa shape index (κ3) is 7.92. The quantitative estimate of drug-likeness (QED) is 0.0591. The Bertz CT molecular complexity index is 2170. The van der Waals surface area contributed by atoms with Gasteiger partial charge in [-0.05, 0) is 90.6 Å². The van der Waals surface area contributed by atoms with E-state index in [1.807, 2.05) is 132 Å². The zero-order chi connectivity index (χ0) is 36.8. The molecule has 6 aromatic rings. The standard InChI is InChI=1S/C41H45N6O4P/c1-41(2,29-9-17-33(18-10-29)50-35-21-13-31(14-22-35)42-37(48-6)39-44(3)25-26-45(39)4)30-11-19-34(20-12-30)51-36-23-15-32(16-24-36)43-38(49-7)40-46(5)27-28-47(40)52-8/h9-28,52H,1-8H3/q+2/b42-37-,43-38-. The minimum Gasteiger partial charge on any atom is -0.475 e. The highest BCUT2D eigenvalue weighted by molar-refractivity contribution is 7.35. The van der Waals surface area contributed by atoms with Crippen LogP contribution in [-0.2, 0) is 36.0 Å². The predicted molar refractivity (Wildman–Crippen MR) is 206 cm³/mol. The van der Waals surface area contributed by atoms with Crippen LogP contribution in [0.4, 0.5) is 11.4 Å². The minimum atomic E-state index is -0.238. The fraction of sp³-hybridized carbons (Fsp3) is 0.220. The molecule has 1 unspecified atom stereocenters. The number of aromatic nitrogens is 4. The molecule has 0 N–H and O–H groups in total. The monoisotopic (exact) mass is 716 g/mol. The lowest BCUT2D eigenvalue weighted by Gasteiger charge is -2.26. The first-order valence-corrected chi connectivity index (χ1v) is 18.3. The van der Waals surface area contributed by atoms with Gasteiger partial charge >= 0.3 is 23.4 Å². The summed E-state index contributed by atoms with van der Waals surface area (Å²) in [6.07, 6.45) is 7.95. The average Bonchev–Trinajstić information content (AvgIpc) is 3.71. The van der Waals surface area contributed by atoms with E-state index in [0.29, 0.717) is 20.5 Å². The fourth-order valence-electron chi connectivity index (χ4n) is 5.91. The molecule has 0 aliphatic carbocycles. The summed E-state index contributed by atoms with van der Waals surface area (Å²) >= 11 is 0. The van der Waals surface area contributed by atoms with Crippen LogP contribution in [0.2, 0.25) is 0 Å². The molecule has 52 heavy (non-hydrogen) atoms. The molecule has 10 nitrogen and oxygen atoms in total. The lowest BCUT2D eigenvalue weighted by Crippen LogP contribution is -2.35. The summed E-state index contributed by atoms with van der Waals surface area (Å²) in [5.41, 5.74) is 3.66. The third-order valence-electron chi connectivity index (χ3n) is 8.95. The normalized spacial score (nSPS) is 12.4. The number of rotatable bonds is 11. The minimum absolute atomic E-state index is 0.238. The van der Waals surface area contributed by atoms with Crippen LogP contribution in [0.5, 0.6) is 23.0 Å². The van der Waals surface area contributed by atoms with Gasteiger partial charge in [0.15, 0.2) is 0 Å². The van der Waals surface area contributed by atoms with E-state index >= 15 is 0 Å². The van der Waals surface area contributed by atoms with Gasteiger partial charge in [0, 0.05) is 5.41 Å². The van der Waals surface area contributed by atoms with Crippen molar-refractivity contribution in [1.29, 1.82) is 0 Å². The summed E-state index contributed by atoms with van der Waals surface area (Å²) in [7, 11) is 9.75. The molecule has 1 atom stereocenters. The number of imidazole rings is 2. The molecule has 0 fully saturated rings. The fourth-order valence-corrected chi connectivity index (χ4v) is 6.59. The zero-order valence-corrected chi connectivity index (χ0v) is 31.9. The van der Waals surface area contributed by atoms with Crippen molar-refractivity contribution < 1.29 is 28.1 Å². The SMILES string of the molecule is CO/C(=N\c1ccc(Oc2ccc(C(C)(C)c3ccc(Oc4ccc(/N=C(\OC)c5n(PC)cc[n+]5C)cc4)cc3)cc2)cc1)c1n(C)cc[n+]1C. The van der Waals surface area contributed by atoms with Crippen molar-refractivity contribution in [2.75, 3.05) is 20.9 Å². The number of hydrogen-bond donors (Lipinski definition) is 0. The van der Waals surface area contributed by atoms with Crippen LogP contribution in [0.25, 0.3) is 0 Å². The molecule has 0 saturated heterocycles. The number of hydrogen-bond acceptors (Lipinski definition) is 6. The van der Waals surface area contributed by atoms with Crippen molar-refractivity contribution in [3.05, 3.63) is 145 Å². The Kier molecular flexibility index (Phi) is 10.9. The molecule has 6 rings (SSSR count). The Labute approximate surface area is 307 Å². The number of aryl methyl sites for hydroxylation is 3. The van der Waals surface area contributed by atoms with E-state index in [0.717, 1.165) is 46.0 Å². The summed E-state index contributed by atoms with van der Waals surface area (Å²) in [6.45, 7) is 6.55. The molecular weight excluding hydrogens is 671 g/mol. The molecule has 266 valence electrons. The topological polar surface area (TPSA) is 79.3 Å². The van der Waals surface area contributed by atoms with E-state index in [-0.39, 0.29) is 5.41 Å². The predicted octanol–water partition coefficient (Wildman–Crippen LogP) is 7.91. The van der Waals surface area contributed by atoms with Crippen molar-refractivity contribution in [1.82, 2.24) is 8.90 Å². The molecule has 0 spiro atoms. The van der Waals surface area contributed by atoms with Crippen molar-refractivity contribution >= 4 is 31.9 Å². The average molecular weight is 717 g/mol. The third-order valence-corrected chi connectivity index (χ3v) is 9.79. The van der Waals surface area contributed by atoms with Crippen molar-refractivity contribution in [2.45, 2.75) is 19.3 Å². The van der Waals surface area contributed by atoms with Crippen LogP contribution < -0.4 is 18.6 Å². The molecule has 4 aromatic carbocycles. The second-order valence-electron chi connectivity index (χ2n) is 12.8. The number of nitrogens with zero attached hydrogens (tertiary/aromatic N) is 6. The summed E-state index contributed by atoms with van der Waals surface area (Å²) in [4.78, 5) is 9.43. The maximum Gasteiger partial charge on any atom is 0.347 e. The Hall–Kier alpha value is -5.73. The molecule has 0 aliphatic heterocycles. The highest BCUT2D eigenvalue weighted by Gasteiger charge is 2.24. The second-order valence-corrected chi connectivity index (χ2v) is 13.7. The van der Waals surface area contributed by atoms with E-state index in [4.69, 9.17) is 28.9 Å². The highest BCUT2D eigenvalue weighted by Crippen LogP contribution is 2.35. The highest BCUT2D eigenvalue weighted by atomic mass is 31.1. The van der Waals surface area contributed by atoms with Crippen molar-refractivity contribution in [2.24, 2.45) is 31.1 Å². The second kappa shape index (κ2) is 15.7. The van der Waals surface area contributed by atoms with Crippen LogP contribution in [0.3, 0.4) is 0 Å².